The number of hydrogen-bond donors (Lipinski definition) is 4. The van der Waals surface area contributed by atoms with Crippen molar-refractivity contribution >= 4 is 179 Å². The second-order valence-electron chi connectivity index (χ2n) is 33.7. The van der Waals surface area contributed by atoms with Crippen molar-refractivity contribution in [3.05, 3.63) is 301 Å². The average Bonchev–Trinajstić information content (AvgIpc) is 1.58. The summed E-state index contributed by atoms with van der Waals surface area (Å²) in [7, 11) is 0. The molecule has 23 nitrogen and oxygen atoms in total. The van der Waals surface area contributed by atoms with Crippen LogP contribution in [0.4, 0.5) is 13.6 Å². The van der Waals surface area contributed by atoms with Gasteiger partial charge < -0.3 is 64.4 Å². The van der Waals surface area contributed by atoms with Gasteiger partial charge in [-0.15, -0.1) is 35.3 Å². The van der Waals surface area contributed by atoms with E-state index in [9.17, 15) is 47.6 Å². The Morgan fingerprint density at radius 1 is 0.406 bits per heavy atom. The summed E-state index contributed by atoms with van der Waals surface area (Å²) in [6.07, 6.45) is 6.70. The van der Waals surface area contributed by atoms with Crippen molar-refractivity contribution in [2.24, 2.45) is 0 Å². The van der Waals surface area contributed by atoms with Crippen molar-refractivity contribution in [2.45, 2.75) is 120 Å². The number of aromatic amines is 3. The molecule has 0 bridgehead atoms. The second-order valence-corrected chi connectivity index (χ2v) is 40.1. The maximum absolute atomic E-state index is 15.1. The molecule has 9 heterocycles. The van der Waals surface area contributed by atoms with Gasteiger partial charge in [-0.3, -0.25) is 38.4 Å². The Balaban J connectivity index is 0.000000145. The SMILES string of the molecule is CC(=O)N1CCCN(C(=O)C2(Sc3ccccc3)CC(=O)N(Cc3ccc(Cl)c(F)c3)C2c2c[nH]c3cc(Cl)ccc23)CC1.CC(=O)N1CCN(C(=O)[C@]2(Sc3ccccc3)CC(=O)N(Cc3ccc(C#N)cc3)[C@H]2c2c[nH]c3cc(Cl)ccc23)CC1.CCNC(=O)N1CCCN(C(=O)C2(Sc3ccccc3)CC(=O)N(Cc3ccc(Cl)c(F)c3)C2c2c[nH]c3cc(Cl)ccc23)CC1. The summed E-state index contributed by atoms with van der Waals surface area (Å²) in [5.74, 6) is -2.22. The van der Waals surface area contributed by atoms with E-state index in [0.29, 0.717) is 130 Å². The molecule has 4 N–H and O–H groups in total. The highest BCUT2D eigenvalue weighted by Gasteiger charge is 2.63. The largest absolute Gasteiger partial charge is 0.361 e. The molecule has 0 spiro atoms. The van der Waals surface area contributed by atoms with Gasteiger partial charge in [0, 0.05) is 216 Å². The van der Waals surface area contributed by atoms with Crippen LogP contribution in [-0.2, 0) is 58.0 Å². The molecule has 0 aliphatic carbocycles. The Morgan fingerprint density at radius 2 is 0.714 bits per heavy atom. The molecular weight excluding hydrogens is 1850 g/mol. The molecule has 6 aliphatic heterocycles. The number of urea groups is 1. The third kappa shape index (κ3) is 20.2. The van der Waals surface area contributed by atoms with Crippen LogP contribution in [0.5, 0.6) is 0 Å². The van der Waals surface area contributed by atoms with Gasteiger partial charge in [-0.05, 0) is 146 Å². The fourth-order valence-electron chi connectivity index (χ4n) is 19.0. The zero-order valence-corrected chi connectivity index (χ0v) is 79.2. The van der Waals surface area contributed by atoms with Crippen molar-refractivity contribution in [1.82, 2.24) is 64.4 Å². The Kier molecular flexibility index (Phi) is 29.3. The second kappa shape index (κ2) is 41.1. The molecule has 0 radical (unpaired) electrons. The van der Waals surface area contributed by atoms with Crippen molar-refractivity contribution in [3.63, 3.8) is 0 Å². The molecule has 9 aromatic carbocycles. The minimum atomic E-state index is -1.28. The quantitative estimate of drug-likeness (QED) is 0.0587. The fourth-order valence-corrected chi connectivity index (χ4v) is 24.2. The number of carbonyl (C=O) groups excluding carboxylic acids is 9. The van der Waals surface area contributed by atoms with Crippen molar-refractivity contribution in [3.8, 4) is 6.07 Å². The standard InChI is InChI=1S/C34H34Cl2FN5O3S.C33H31Cl2FN4O3S.C33H30ClN5O3S/c1-2-38-33(45)41-14-6-13-40(15-16-41)32(44)34(46-24-7-4-3-5-8-24)19-30(43)42(21-22-9-12-27(36)28(37)17-22)31(34)26-20-39-29-18-23(35)10-11-25(26)29;1-21(41)38-12-5-13-39(15-14-38)32(43)33(44-24-6-3-2-4-7-24)18-30(42)40(20-22-8-11-27(35)28(36)16-22)31(33)26-19-37-29-17-23(34)9-10-25(26)29;1-22(40)37-13-15-38(16-14-37)32(42)33(43-26-5-3-2-4-6-26)18-30(41)39(21-24-9-7-23(19-35)8-10-24)31(33)28-20-36-29-17-25(34)11-12-27(28)29/h3-5,7-12,17-18,20,31,39H,2,6,13-16,19,21H2,1H3,(H,38,45);2-4,6-11,16-17,19,31,37H,5,12-15,18,20H2,1H3;2-12,17,20,31,36H,13-16,18,21H2,1H3/t;;31-,33-/m..0/s1. The number of H-pyrrole nitrogens is 3. The first-order valence-corrected chi connectivity index (χ1v) is 48.2. The molecule has 3 aromatic heterocycles. The predicted molar refractivity (Wildman–Crippen MR) is 517 cm³/mol. The van der Waals surface area contributed by atoms with E-state index in [4.69, 9.17) is 58.0 Å². The minimum absolute atomic E-state index is 0.00326. The highest BCUT2D eigenvalue weighted by atomic mass is 35.5. The molecule has 0 saturated carbocycles. The third-order valence-corrected chi connectivity index (χ3v) is 30.9. The molecule has 6 fully saturated rings. The first-order valence-electron chi connectivity index (χ1n) is 43.8. The highest BCUT2D eigenvalue weighted by molar-refractivity contribution is 8.02. The number of aromatic nitrogens is 3. The molecule has 686 valence electrons. The molecule has 6 saturated heterocycles. The van der Waals surface area contributed by atoms with Crippen LogP contribution >= 0.6 is 93.3 Å². The highest BCUT2D eigenvalue weighted by Crippen LogP contribution is 2.59. The zero-order chi connectivity index (χ0) is 93.6. The lowest BCUT2D eigenvalue weighted by molar-refractivity contribution is -0.140. The smallest absolute Gasteiger partial charge is 0.317 e. The van der Waals surface area contributed by atoms with Crippen LogP contribution in [-0.4, -0.2) is 212 Å². The number of nitriles is 1. The molecule has 12 aromatic rings. The van der Waals surface area contributed by atoms with Gasteiger partial charge in [-0.2, -0.15) is 5.26 Å². The summed E-state index contributed by atoms with van der Waals surface area (Å²) in [5, 5.41) is 16.4. The molecule has 4 unspecified atom stereocenters. The Labute approximate surface area is 806 Å². The number of piperazine rings is 1. The van der Waals surface area contributed by atoms with Gasteiger partial charge in [0.05, 0.1) is 59.1 Å². The van der Waals surface area contributed by atoms with Crippen LogP contribution in [0.2, 0.25) is 25.1 Å². The van der Waals surface area contributed by atoms with Crippen molar-refractivity contribution < 1.29 is 51.9 Å². The Morgan fingerprint density at radius 3 is 1.05 bits per heavy atom. The van der Waals surface area contributed by atoms with Crippen LogP contribution in [0, 0.1) is 23.0 Å². The molecular formula is C100H95Cl5F2N14O9S3. The van der Waals surface area contributed by atoms with E-state index < -0.39 is 44.0 Å². The van der Waals surface area contributed by atoms with E-state index in [0.717, 1.165) is 69.6 Å². The summed E-state index contributed by atoms with van der Waals surface area (Å²) < 4.78 is 25.4. The van der Waals surface area contributed by atoms with Gasteiger partial charge in [-0.25, -0.2) is 13.6 Å². The normalized spacial score (nSPS) is 20.5. The summed E-state index contributed by atoms with van der Waals surface area (Å²) in [5.41, 5.74) is 7.28. The summed E-state index contributed by atoms with van der Waals surface area (Å²) in [4.78, 5) is 153. The number of nitrogens with one attached hydrogen (secondary N) is 4. The van der Waals surface area contributed by atoms with Crippen LogP contribution in [0.3, 0.4) is 0 Å². The lowest BCUT2D eigenvalue weighted by atomic mass is 9.90. The van der Waals surface area contributed by atoms with Gasteiger partial charge in [-0.1, -0.05) is 155 Å². The number of thioether (sulfide) groups is 3. The fraction of sp³-hybridized carbons (Fsp3) is 0.300. The lowest BCUT2D eigenvalue weighted by Crippen LogP contribution is -2.56. The topological polar surface area (TPSA) is 266 Å². The first kappa shape index (κ1) is 94.7. The number of likely N-dealkylation sites (tertiary alicyclic amines) is 3. The Bertz CT molecular complexity index is 6450. The van der Waals surface area contributed by atoms with Gasteiger partial charge in [0.15, 0.2) is 0 Å². The summed E-state index contributed by atoms with van der Waals surface area (Å²) >= 11 is 35.1. The van der Waals surface area contributed by atoms with Gasteiger partial charge >= 0.3 is 6.03 Å². The van der Waals surface area contributed by atoms with Gasteiger partial charge in [0.25, 0.3) is 0 Å². The van der Waals surface area contributed by atoms with Crippen LogP contribution < -0.4 is 5.32 Å². The average molecular weight is 1950 g/mol. The summed E-state index contributed by atoms with van der Waals surface area (Å²) in [6.45, 7) is 11.1. The van der Waals surface area contributed by atoms with E-state index in [1.54, 1.807) is 82.5 Å². The zero-order valence-electron chi connectivity index (χ0n) is 73.0. The molecule has 18 rings (SSSR count). The molecule has 6 atom stereocenters. The van der Waals surface area contributed by atoms with E-state index in [1.165, 1.54) is 66.5 Å². The van der Waals surface area contributed by atoms with Crippen LogP contribution in [0.25, 0.3) is 32.7 Å². The number of rotatable bonds is 19. The predicted octanol–water partition coefficient (Wildman–Crippen LogP) is 19.0. The number of amides is 10. The maximum atomic E-state index is 15.1. The number of nitrogens with zero attached hydrogens (tertiary/aromatic N) is 10. The number of fused-ring (bicyclic) bond motifs is 3. The molecule has 33 heteroatoms. The van der Waals surface area contributed by atoms with E-state index >= 15 is 9.59 Å². The molecule has 10 amide bonds. The molecule has 133 heavy (non-hydrogen) atoms. The number of carbonyl (C=O) groups is 9. The maximum Gasteiger partial charge on any atom is 0.317 e. The van der Waals surface area contributed by atoms with E-state index in [2.05, 4.69) is 26.3 Å². The van der Waals surface area contributed by atoms with Crippen molar-refractivity contribution in [2.75, 3.05) is 85.1 Å². The van der Waals surface area contributed by atoms with Crippen LogP contribution in [0.15, 0.2) is 240 Å². The van der Waals surface area contributed by atoms with Gasteiger partial charge in [0.1, 0.15) is 25.9 Å². The van der Waals surface area contributed by atoms with Crippen LogP contribution in [0.1, 0.15) is 110 Å². The number of hydrogen-bond acceptors (Lipinski definition) is 13. The number of halogens is 7. The van der Waals surface area contributed by atoms with Gasteiger partial charge in [0.2, 0.25) is 47.3 Å². The first-order chi connectivity index (χ1) is 64.1. The number of benzene rings is 9. The lowest BCUT2D eigenvalue weighted by Gasteiger charge is -2.42. The van der Waals surface area contributed by atoms with E-state index in [1.807, 2.05) is 176 Å². The molecule has 6 aliphatic rings. The van der Waals surface area contributed by atoms with E-state index in [-0.39, 0.29) is 102 Å². The monoisotopic (exact) mass is 1940 g/mol. The third-order valence-electron chi connectivity index (χ3n) is 25.3. The summed E-state index contributed by atoms with van der Waals surface area (Å²) in [6, 6.07) is 61.6. The van der Waals surface area contributed by atoms with Crippen molar-refractivity contribution in [1.29, 1.82) is 5.26 Å². The minimum Gasteiger partial charge on any atom is -0.361 e. The Hall–Kier alpha value is -11.5.